The molecule has 0 spiro atoms. The number of carbonyl (C=O) groups excluding carboxylic acids is 3. The summed E-state index contributed by atoms with van der Waals surface area (Å²) in [5, 5.41) is 9.78. The number of Topliss-reactive ketones (excluding diaryl/α,β-unsaturated/α-hetero) is 1. The van der Waals surface area contributed by atoms with E-state index in [1.54, 1.807) is 29.2 Å². The van der Waals surface area contributed by atoms with E-state index in [0.29, 0.717) is 24.2 Å². The highest BCUT2D eigenvalue weighted by Crippen LogP contribution is 2.25. The lowest BCUT2D eigenvalue weighted by molar-refractivity contribution is -0.130. The average Bonchev–Trinajstić information content (AvgIpc) is 3.18. The lowest BCUT2D eigenvalue weighted by Crippen LogP contribution is -2.56. The van der Waals surface area contributed by atoms with E-state index < -0.39 is 11.7 Å². The quantitative estimate of drug-likeness (QED) is 0.416. The van der Waals surface area contributed by atoms with E-state index in [1.165, 1.54) is 17.3 Å². The summed E-state index contributed by atoms with van der Waals surface area (Å²) in [7, 11) is 0. The maximum absolute atomic E-state index is 12.9. The SMILES string of the molecule is C[C@@H]1CN(C(=O)c2ccccc2)CCN1C(=O)C(=O)c1cnc2n(O)cccc1-2. The van der Waals surface area contributed by atoms with Crippen molar-refractivity contribution >= 4 is 17.6 Å². The van der Waals surface area contributed by atoms with Crippen molar-refractivity contribution in [2.24, 2.45) is 0 Å². The Bertz CT molecular complexity index is 1050. The molecular formula is C21H20N4O4. The summed E-state index contributed by atoms with van der Waals surface area (Å²) in [6.45, 7) is 2.80. The molecule has 1 aromatic carbocycles. The zero-order valence-corrected chi connectivity index (χ0v) is 15.9. The van der Waals surface area contributed by atoms with Crippen LogP contribution in [0.4, 0.5) is 0 Å². The number of carbonyl (C=O) groups is 3. The van der Waals surface area contributed by atoms with Crippen molar-refractivity contribution in [3.8, 4) is 11.4 Å². The van der Waals surface area contributed by atoms with Gasteiger partial charge in [0, 0.05) is 49.2 Å². The van der Waals surface area contributed by atoms with Gasteiger partial charge in [0.1, 0.15) is 0 Å². The summed E-state index contributed by atoms with van der Waals surface area (Å²) in [6, 6.07) is 11.9. The predicted octanol–water partition coefficient (Wildman–Crippen LogP) is 1.78. The number of rotatable bonds is 3. The number of pyridine rings is 1. The molecule has 0 bridgehead atoms. The third-order valence-corrected chi connectivity index (χ3v) is 5.19. The van der Waals surface area contributed by atoms with Crippen LogP contribution in [0.5, 0.6) is 0 Å². The number of piperazine rings is 1. The van der Waals surface area contributed by atoms with Crippen LogP contribution in [0.3, 0.4) is 0 Å². The molecule has 3 aliphatic heterocycles. The number of fused-ring (bicyclic) bond motifs is 1. The van der Waals surface area contributed by atoms with Gasteiger partial charge < -0.3 is 15.0 Å². The number of ketones is 1. The van der Waals surface area contributed by atoms with Crippen LogP contribution < -0.4 is 0 Å². The van der Waals surface area contributed by atoms with Crippen molar-refractivity contribution in [1.29, 1.82) is 0 Å². The largest absolute Gasteiger partial charge is 0.427 e. The second-order valence-corrected chi connectivity index (χ2v) is 7.06. The van der Waals surface area contributed by atoms with Gasteiger partial charge in [0.2, 0.25) is 0 Å². The molecule has 3 heterocycles. The maximum Gasteiger partial charge on any atom is 0.295 e. The minimum absolute atomic E-state index is 0.0883. The molecule has 4 rings (SSSR count). The minimum atomic E-state index is -0.673. The van der Waals surface area contributed by atoms with Crippen LogP contribution in [-0.2, 0) is 4.79 Å². The molecular weight excluding hydrogens is 372 g/mol. The Labute approximate surface area is 167 Å². The summed E-state index contributed by atoms with van der Waals surface area (Å²) in [6.07, 6.45) is 2.70. The number of benzene rings is 1. The second kappa shape index (κ2) is 7.38. The molecule has 1 N–H and O–H groups in total. The topological polar surface area (TPSA) is 95.7 Å². The number of hydrogen-bond donors (Lipinski definition) is 1. The maximum atomic E-state index is 12.9. The Hall–Kier alpha value is -3.68. The molecule has 0 radical (unpaired) electrons. The Kier molecular flexibility index (Phi) is 4.75. The van der Waals surface area contributed by atoms with Gasteiger partial charge in [-0.1, -0.05) is 18.2 Å². The van der Waals surface area contributed by atoms with Gasteiger partial charge in [-0.2, -0.15) is 4.73 Å². The lowest BCUT2D eigenvalue weighted by Gasteiger charge is -2.39. The summed E-state index contributed by atoms with van der Waals surface area (Å²) >= 11 is 0. The molecule has 148 valence electrons. The summed E-state index contributed by atoms with van der Waals surface area (Å²) in [5.74, 6) is -1.18. The van der Waals surface area contributed by atoms with E-state index in [0.717, 1.165) is 4.73 Å². The van der Waals surface area contributed by atoms with Gasteiger partial charge in [0.05, 0.1) is 5.56 Å². The number of nitrogens with zero attached hydrogens (tertiary/aromatic N) is 4. The van der Waals surface area contributed by atoms with Crippen molar-refractivity contribution < 1.29 is 19.6 Å². The van der Waals surface area contributed by atoms with Crippen LogP contribution in [0.25, 0.3) is 11.4 Å². The van der Waals surface area contributed by atoms with Crippen molar-refractivity contribution in [2.75, 3.05) is 19.6 Å². The van der Waals surface area contributed by atoms with Crippen molar-refractivity contribution in [3.05, 3.63) is 66.0 Å². The zero-order chi connectivity index (χ0) is 20.5. The van der Waals surface area contributed by atoms with E-state index in [-0.39, 0.29) is 29.9 Å². The van der Waals surface area contributed by atoms with Gasteiger partial charge in [0.25, 0.3) is 17.6 Å². The van der Waals surface area contributed by atoms with Gasteiger partial charge in [-0.15, -0.1) is 0 Å². The fraction of sp³-hybridized carbons (Fsp3) is 0.238. The van der Waals surface area contributed by atoms with E-state index >= 15 is 0 Å². The monoisotopic (exact) mass is 392 g/mol. The van der Waals surface area contributed by atoms with Gasteiger partial charge in [-0.3, -0.25) is 14.4 Å². The van der Waals surface area contributed by atoms with Gasteiger partial charge in [-0.05, 0) is 31.2 Å². The molecule has 1 aromatic rings. The van der Waals surface area contributed by atoms with E-state index in [2.05, 4.69) is 4.98 Å². The first kappa shape index (κ1) is 18.7. The average molecular weight is 392 g/mol. The number of aromatic nitrogens is 2. The third-order valence-electron chi connectivity index (χ3n) is 5.19. The number of hydrogen-bond acceptors (Lipinski definition) is 5. The van der Waals surface area contributed by atoms with Crippen molar-refractivity contribution in [1.82, 2.24) is 19.5 Å². The van der Waals surface area contributed by atoms with Gasteiger partial charge in [-0.25, -0.2) is 4.98 Å². The fourth-order valence-electron chi connectivity index (χ4n) is 3.66. The van der Waals surface area contributed by atoms with Crippen LogP contribution in [0.1, 0.15) is 27.6 Å². The molecule has 8 heteroatoms. The van der Waals surface area contributed by atoms with Crippen LogP contribution in [-0.4, -0.2) is 68.0 Å². The van der Waals surface area contributed by atoms with E-state index in [4.69, 9.17) is 0 Å². The molecule has 0 saturated carbocycles. The van der Waals surface area contributed by atoms with Crippen molar-refractivity contribution in [3.63, 3.8) is 0 Å². The molecule has 1 saturated heterocycles. The first-order valence-electron chi connectivity index (χ1n) is 9.32. The third kappa shape index (κ3) is 3.33. The zero-order valence-electron chi connectivity index (χ0n) is 15.9. The summed E-state index contributed by atoms with van der Waals surface area (Å²) in [4.78, 5) is 45.5. The molecule has 1 fully saturated rings. The Morgan fingerprint density at radius 3 is 2.55 bits per heavy atom. The molecule has 0 unspecified atom stereocenters. The Morgan fingerprint density at radius 2 is 1.83 bits per heavy atom. The van der Waals surface area contributed by atoms with E-state index in [9.17, 15) is 19.6 Å². The molecule has 29 heavy (non-hydrogen) atoms. The van der Waals surface area contributed by atoms with Gasteiger partial charge >= 0.3 is 0 Å². The van der Waals surface area contributed by atoms with Crippen LogP contribution in [0.2, 0.25) is 0 Å². The molecule has 8 nitrogen and oxygen atoms in total. The van der Waals surface area contributed by atoms with Crippen LogP contribution in [0.15, 0.2) is 54.9 Å². The van der Waals surface area contributed by atoms with Crippen LogP contribution in [0, 0.1) is 0 Å². The molecule has 2 amide bonds. The van der Waals surface area contributed by atoms with Crippen LogP contribution >= 0.6 is 0 Å². The minimum Gasteiger partial charge on any atom is -0.427 e. The fourth-order valence-corrected chi connectivity index (χ4v) is 3.66. The lowest BCUT2D eigenvalue weighted by atomic mass is 10.0. The van der Waals surface area contributed by atoms with Crippen molar-refractivity contribution in [2.45, 2.75) is 13.0 Å². The highest BCUT2D eigenvalue weighted by atomic mass is 16.5. The molecule has 3 aliphatic rings. The first-order valence-corrected chi connectivity index (χ1v) is 9.32. The predicted molar refractivity (Wildman–Crippen MR) is 104 cm³/mol. The van der Waals surface area contributed by atoms with E-state index in [1.807, 2.05) is 25.1 Å². The number of amides is 2. The highest BCUT2D eigenvalue weighted by Gasteiger charge is 2.35. The smallest absolute Gasteiger partial charge is 0.295 e. The summed E-state index contributed by atoms with van der Waals surface area (Å²) in [5.41, 5.74) is 1.17. The molecule has 1 atom stereocenters. The normalized spacial score (nSPS) is 16.8. The second-order valence-electron chi connectivity index (χ2n) is 7.06. The Morgan fingerprint density at radius 1 is 1.07 bits per heavy atom. The molecule has 0 aromatic heterocycles. The highest BCUT2D eigenvalue weighted by molar-refractivity contribution is 6.44. The standard InChI is InChI=1S/C21H20N4O4/c1-14-13-23(20(27)15-6-3-2-4-7-15)10-11-24(14)21(28)18(26)17-12-22-19-16(17)8-5-9-25(19)29/h2-9,12,14,29H,10-11,13H2,1H3/t14-/m1/s1. The van der Waals surface area contributed by atoms with Gasteiger partial charge in [0.15, 0.2) is 5.82 Å². The Balaban J connectivity index is 1.47. The molecule has 0 aliphatic carbocycles. The summed E-state index contributed by atoms with van der Waals surface area (Å²) < 4.78 is 0.813. The first-order chi connectivity index (χ1) is 14.0.